The van der Waals surface area contributed by atoms with Crippen LogP contribution >= 0.6 is 0 Å². The number of nitrogens with zero attached hydrogens (tertiary/aromatic N) is 1. The van der Waals surface area contributed by atoms with Gasteiger partial charge in [0.15, 0.2) is 0 Å². The van der Waals surface area contributed by atoms with E-state index in [4.69, 9.17) is 4.74 Å². The van der Waals surface area contributed by atoms with Crippen LogP contribution in [0.3, 0.4) is 0 Å². The maximum Gasteiger partial charge on any atom is 0.337 e. The molecule has 0 spiro atoms. The van der Waals surface area contributed by atoms with Crippen LogP contribution in [0.25, 0.3) is 11.3 Å². The molecular formula is C15H17NO3. The summed E-state index contributed by atoms with van der Waals surface area (Å²) in [5, 5.41) is 9.23. The number of benzene rings is 1. The predicted octanol–water partition coefficient (Wildman–Crippen LogP) is 3.19. The molecule has 0 aliphatic heterocycles. The van der Waals surface area contributed by atoms with Crippen molar-refractivity contribution in [3.05, 3.63) is 41.6 Å². The van der Waals surface area contributed by atoms with Gasteiger partial charge in [-0.15, -0.1) is 0 Å². The molecule has 1 N–H and O–H groups in total. The lowest BCUT2D eigenvalue weighted by atomic mass is 10.1. The SMILES string of the molecule is CCn1c(-c2ccccc2OC)cc(C(=O)O)c1C. The van der Waals surface area contributed by atoms with Crippen LogP contribution in [0.2, 0.25) is 0 Å². The highest BCUT2D eigenvalue weighted by Crippen LogP contribution is 2.32. The maximum atomic E-state index is 11.2. The normalized spacial score (nSPS) is 10.5. The zero-order valence-electron chi connectivity index (χ0n) is 11.3. The first-order valence-corrected chi connectivity index (χ1v) is 6.17. The summed E-state index contributed by atoms with van der Waals surface area (Å²) in [6.45, 7) is 4.54. The molecule has 1 aromatic carbocycles. The van der Waals surface area contributed by atoms with E-state index >= 15 is 0 Å². The number of hydrogen-bond acceptors (Lipinski definition) is 2. The Morgan fingerprint density at radius 3 is 2.63 bits per heavy atom. The summed E-state index contributed by atoms with van der Waals surface area (Å²) < 4.78 is 7.34. The predicted molar refractivity (Wildman–Crippen MR) is 73.8 cm³/mol. The smallest absolute Gasteiger partial charge is 0.337 e. The second-order valence-electron chi connectivity index (χ2n) is 4.28. The van der Waals surface area contributed by atoms with Gasteiger partial charge in [-0.2, -0.15) is 0 Å². The largest absolute Gasteiger partial charge is 0.496 e. The van der Waals surface area contributed by atoms with E-state index in [-0.39, 0.29) is 0 Å². The van der Waals surface area contributed by atoms with Crippen molar-refractivity contribution >= 4 is 5.97 Å². The van der Waals surface area contributed by atoms with Gasteiger partial charge in [0.05, 0.1) is 18.4 Å². The summed E-state index contributed by atoms with van der Waals surface area (Å²) in [5.74, 6) is -0.160. The van der Waals surface area contributed by atoms with Crippen LogP contribution in [0.4, 0.5) is 0 Å². The molecule has 0 aliphatic rings. The van der Waals surface area contributed by atoms with E-state index in [1.165, 1.54) is 0 Å². The standard InChI is InChI=1S/C15H17NO3/c1-4-16-10(2)12(15(17)18)9-13(16)11-7-5-6-8-14(11)19-3/h5-9H,4H2,1-3H3,(H,17,18). The number of aromatic nitrogens is 1. The van der Waals surface area contributed by atoms with Crippen molar-refractivity contribution in [1.82, 2.24) is 4.57 Å². The minimum absolute atomic E-state index is 0.336. The second kappa shape index (κ2) is 5.18. The number of methoxy groups -OCH3 is 1. The first kappa shape index (κ1) is 13.2. The van der Waals surface area contributed by atoms with Crippen LogP contribution in [0.5, 0.6) is 5.75 Å². The van der Waals surface area contributed by atoms with Crippen molar-refractivity contribution in [1.29, 1.82) is 0 Å². The molecule has 0 atom stereocenters. The molecule has 0 amide bonds. The van der Waals surface area contributed by atoms with Gasteiger partial charge in [-0.3, -0.25) is 0 Å². The average Bonchev–Trinajstić information content (AvgIpc) is 2.75. The lowest BCUT2D eigenvalue weighted by Crippen LogP contribution is -2.03. The molecule has 0 aliphatic carbocycles. The molecule has 0 fully saturated rings. The number of carbonyl (C=O) groups is 1. The molecule has 4 heteroatoms. The quantitative estimate of drug-likeness (QED) is 0.917. The molecule has 1 aromatic heterocycles. The Balaban J connectivity index is 2.68. The van der Waals surface area contributed by atoms with Crippen molar-refractivity contribution in [2.75, 3.05) is 7.11 Å². The number of carboxylic acids is 1. The van der Waals surface area contributed by atoms with Crippen LogP contribution in [-0.2, 0) is 6.54 Å². The Bertz CT molecular complexity index is 614. The van der Waals surface area contributed by atoms with Gasteiger partial charge in [0.25, 0.3) is 0 Å². The molecule has 0 unspecified atom stereocenters. The third-order valence-corrected chi connectivity index (χ3v) is 3.30. The number of ether oxygens (including phenoxy) is 1. The van der Waals surface area contributed by atoms with Crippen molar-refractivity contribution in [3.8, 4) is 17.0 Å². The zero-order valence-corrected chi connectivity index (χ0v) is 11.3. The Morgan fingerprint density at radius 1 is 1.37 bits per heavy atom. The second-order valence-corrected chi connectivity index (χ2v) is 4.28. The highest BCUT2D eigenvalue weighted by Gasteiger charge is 2.18. The third kappa shape index (κ3) is 2.21. The van der Waals surface area contributed by atoms with Crippen molar-refractivity contribution < 1.29 is 14.6 Å². The zero-order chi connectivity index (χ0) is 14.0. The topological polar surface area (TPSA) is 51.5 Å². The molecule has 0 bridgehead atoms. The molecular weight excluding hydrogens is 242 g/mol. The Kier molecular flexibility index (Phi) is 3.60. The number of para-hydroxylation sites is 1. The van der Waals surface area contributed by atoms with E-state index in [0.717, 1.165) is 22.7 Å². The van der Waals surface area contributed by atoms with E-state index in [9.17, 15) is 9.90 Å². The molecule has 100 valence electrons. The lowest BCUT2D eigenvalue weighted by molar-refractivity contribution is 0.0696. The van der Waals surface area contributed by atoms with Gasteiger partial charge < -0.3 is 14.4 Å². The van der Waals surface area contributed by atoms with Gasteiger partial charge in [0.2, 0.25) is 0 Å². The lowest BCUT2D eigenvalue weighted by Gasteiger charge is -2.12. The van der Waals surface area contributed by atoms with Gasteiger partial charge in [-0.05, 0) is 32.0 Å². The van der Waals surface area contributed by atoms with E-state index < -0.39 is 5.97 Å². The number of rotatable bonds is 4. The summed E-state index contributed by atoms with van der Waals surface area (Å²) in [5.41, 5.74) is 2.87. The number of carboxylic acid groups (broad SMARTS) is 1. The minimum Gasteiger partial charge on any atom is -0.496 e. The molecule has 0 radical (unpaired) electrons. The highest BCUT2D eigenvalue weighted by molar-refractivity contribution is 5.91. The highest BCUT2D eigenvalue weighted by atomic mass is 16.5. The third-order valence-electron chi connectivity index (χ3n) is 3.30. The van der Waals surface area contributed by atoms with Crippen LogP contribution in [0.15, 0.2) is 30.3 Å². The summed E-state index contributed by atoms with van der Waals surface area (Å²) >= 11 is 0. The molecule has 2 rings (SSSR count). The molecule has 1 heterocycles. The molecule has 0 saturated heterocycles. The molecule has 0 saturated carbocycles. The summed E-state index contributed by atoms with van der Waals surface area (Å²) in [7, 11) is 1.61. The van der Waals surface area contributed by atoms with Gasteiger partial charge in [0.1, 0.15) is 5.75 Å². The van der Waals surface area contributed by atoms with Gasteiger partial charge in [-0.25, -0.2) is 4.79 Å². The first-order valence-electron chi connectivity index (χ1n) is 6.17. The maximum absolute atomic E-state index is 11.2. The minimum atomic E-state index is -0.902. The van der Waals surface area contributed by atoms with Gasteiger partial charge >= 0.3 is 5.97 Å². The number of aromatic carboxylic acids is 1. The van der Waals surface area contributed by atoms with Crippen molar-refractivity contribution in [3.63, 3.8) is 0 Å². The Morgan fingerprint density at radius 2 is 2.05 bits per heavy atom. The summed E-state index contributed by atoms with van der Waals surface area (Å²) in [6, 6.07) is 9.33. The Hall–Kier alpha value is -2.23. The van der Waals surface area contributed by atoms with Crippen LogP contribution in [0, 0.1) is 6.92 Å². The summed E-state index contributed by atoms with van der Waals surface area (Å²) in [4.78, 5) is 11.2. The first-order chi connectivity index (χ1) is 9.10. The van der Waals surface area contributed by atoms with Gasteiger partial charge in [0, 0.05) is 17.8 Å². The van der Waals surface area contributed by atoms with E-state index in [0.29, 0.717) is 12.1 Å². The number of hydrogen-bond donors (Lipinski definition) is 1. The fourth-order valence-corrected chi connectivity index (χ4v) is 2.35. The average molecular weight is 259 g/mol. The van der Waals surface area contributed by atoms with E-state index in [1.54, 1.807) is 13.2 Å². The summed E-state index contributed by atoms with van der Waals surface area (Å²) in [6.07, 6.45) is 0. The van der Waals surface area contributed by atoms with E-state index in [2.05, 4.69) is 0 Å². The van der Waals surface area contributed by atoms with Crippen LogP contribution in [-0.4, -0.2) is 22.8 Å². The molecule has 19 heavy (non-hydrogen) atoms. The molecule has 4 nitrogen and oxygen atoms in total. The fourth-order valence-electron chi connectivity index (χ4n) is 2.35. The fraction of sp³-hybridized carbons (Fsp3) is 0.267. The Labute approximate surface area is 112 Å². The van der Waals surface area contributed by atoms with E-state index in [1.807, 2.05) is 42.7 Å². The van der Waals surface area contributed by atoms with Crippen LogP contribution in [0.1, 0.15) is 23.0 Å². The monoisotopic (exact) mass is 259 g/mol. The molecule has 2 aromatic rings. The van der Waals surface area contributed by atoms with Crippen LogP contribution < -0.4 is 4.74 Å². The van der Waals surface area contributed by atoms with Gasteiger partial charge in [-0.1, -0.05) is 12.1 Å². The van der Waals surface area contributed by atoms with Crippen molar-refractivity contribution in [2.24, 2.45) is 0 Å². The van der Waals surface area contributed by atoms with Crippen molar-refractivity contribution in [2.45, 2.75) is 20.4 Å².